The van der Waals surface area contributed by atoms with Gasteiger partial charge in [-0.1, -0.05) is 31.9 Å². The van der Waals surface area contributed by atoms with E-state index in [2.05, 4.69) is 27.0 Å². The molecular weight excluding hydrogens is 406 g/mol. The first-order valence-corrected chi connectivity index (χ1v) is 11.1. The van der Waals surface area contributed by atoms with Crippen LogP contribution in [0.25, 0.3) is 11.0 Å². The third-order valence-electron chi connectivity index (χ3n) is 4.82. The Morgan fingerprint density at radius 2 is 1.97 bits per heavy atom. The van der Waals surface area contributed by atoms with E-state index in [0.717, 1.165) is 19.3 Å². The number of pyridine rings is 2. The highest BCUT2D eigenvalue weighted by molar-refractivity contribution is 7.90. The maximum atomic E-state index is 13.3. The standard InChI is InChI=1S/C20H21N5O4S/c1-2-3-6-12-22-25-19-13(8-7-11-21-19)17(26)16(20(25)27)18-23-14-9-4-5-10-15(14)30(28,29)24-18/h4-5,7-11,22,26H,2-3,6,12H2,1H3,(H,23,24). The van der Waals surface area contributed by atoms with Crippen LogP contribution in [0.4, 0.5) is 5.69 Å². The Morgan fingerprint density at radius 3 is 2.77 bits per heavy atom. The average Bonchev–Trinajstić information content (AvgIpc) is 2.73. The van der Waals surface area contributed by atoms with Crippen LogP contribution >= 0.6 is 0 Å². The van der Waals surface area contributed by atoms with Crippen molar-refractivity contribution in [3.8, 4) is 5.75 Å². The van der Waals surface area contributed by atoms with Gasteiger partial charge in [-0.2, -0.15) is 8.42 Å². The predicted molar refractivity (Wildman–Crippen MR) is 115 cm³/mol. The highest BCUT2D eigenvalue weighted by Gasteiger charge is 2.29. The van der Waals surface area contributed by atoms with Crippen molar-refractivity contribution in [3.63, 3.8) is 0 Å². The van der Waals surface area contributed by atoms with E-state index in [1.54, 1.807) is 30.3 Å². The van der Waals surface area contributed by atoms with Crippen LogP contribution in [0.5, 0.6) is 5.75 Å². The van der Waals surface area contributed by atoms with Crippen molar-refractivity contribution in [2.24, 2.45) is 4.40 Å². The molecule has 3 heterocycles. The van der Waals surface area contributed by atoms with E-state index in [9.17, 15) is 18.3 Å². The van der Waals surface area contributed by atoms with Crippen molar-refractivity contribution in [1.82, 2.24) is 9.66 Å². The van der Waals surface area contributed by atoms with Gasteiger partial charge in [-0.05, 0) is 30.7 Å². The fourth-order valence-electron chi connectivity index (χ4n) is 3.35. The number of amidine groups is 1. The first-order valence-electron chi connectivity index (χ1n) is 9.62. The number of anilines is 1. The maximum absolute atomic E-state index is 13.3. The predicted octanol–water partition coefficient (Wildman–Crippen LogP) is 2.40. The highest BCUT2D eigenvalue weighted by Crippen LogP contribution is 2.31. The van der Waals surface area contributed by atoms with Gasteiger partial charge in [0.05, 0.1) is 11.1 Å². The van der Waals surface area contributed by atoms with Crippen LogP contribution < -0.4 is 16.3 Å². The monoisotopic (exact) mass is 427 g/mol. The number of nitrogens with one attached hydrogen (secondary N) is 2. The molecule has 10 heteroatoms. The van der Waals surface area contributed by atoms with Crippen LogP contribution in [-0.2, 0) is 10.0 Å². The minimum absolute atomic E-state index is 0.00807. The molecule has 0 aliphatic carbocycles. The molecule has 0 bridgehead atoms. The van der Waals surface area contributed by atoms with Crippen molar-refractivity contribution < 1.29 is 13.5 Å². The molecule has 0 amide bonds. The summed E-state index contributed by atoms with van der Waals surface area (Å²) in [6.45, 7) is 2.59. The van der Waals surface area contributed by atoms with Gasteiger partial charge in [-0.3, -0.25) is 4.79 Å². The number of nitrogens with zero attached hydrogens (tertiary/aromatic N) is 3. The second-order valence-electron chi connectivity index (χ2n) is 6.89. The first kappa shape index (κ1) is 19.9. The molecular formula is C20H21N5O4S. The summed E-state index contributed by atoms with van der Waals surface area (Å²) in [6, 6.07) is 9.49. The van der Waals surface area contributed by atoms with Crippen molar-refractivity contribution in [2.45, 2.75) is 31.1 Å². The molecule has 0 spiro atoms. The van der Waals surface area contributed by atoms with E-state index in [-0.39, 0.29) is 33.4 Å². The molecule has 3 aromatic rings. The first-order chi connectivity index (χ1) is 14.4. The highest BCUT2D eigenvalue weighted by atomic mass is 32.2. The number of fused-ring (bicyclic) bond motifs is 2. The fourth-order valence-corrected chi connectivity index (χ4v) is 4.48. The zero-order chi connectivity index (χ0) is 21.3. The Labute approximate surface area is 173 Å². The minimum Gasteiger partial charge on any atom is -0.506 e. The van der Waals surface area contributed by atoms with Crippen LogP contribution in [0.1, 0.15) is 31.7 Å². The van der Waals surface area contributed by atoms with Gasteiger partial charge in [0.2, 0.25) is 0 Å². The molecule has 0 saturated carbocycles. The Balaban J connectivity index is 1.90. The summed E-state index contributed by atoms with van der Waals surface area (Å²) in [5.74, 6) is -0.610. The number of hydrogen-bond acceptors (Lipinski definition) is 7. The van der Waals surface area contributed by atoms with Crippen molar-refractivity contribution >= 4 is 32.6 Å². The summed E-state index contributed by atoms with van der Waals surface area (Å²) in [6.07, 6.45) is 4.37. The quantitative estimate of drug-likeness (QED) is 0.516. The van der Waals surface area contributed by atoms with Gasteiger partial charge >= 0.3 is 0 Å². The molecule has 2 aromatic heterocycles. The molecule has 156 valence electrons. The third kappa shape index (κ3) is 3.39. The summed E-state index contributed by atoms with van der Waals surface area (Å²) < 4.78 is 30.2. The van der Waals surface area contributed by atoms with Crippen LogP contribution in [0, 0.1) is 0 Å². The molecule has 1 aliphatic heterocycles. The number of sulfonamides is 1. The Kier molecular flexibility index (Phi) is 5.17. The second-order valence-corrected chi connectivity index (χ2v) is 8.46. The van der Waals surface area contributed by atoms with E-state index < -0.39 is 15.6 Å². The Morgan fingerprint density at radius 1 is 1.17 bits per heavy atom. The fraction of sp³-hybridized carbons (Fsp3) is 0.250. The number of hydrogen-bond donors (Lipinski definition) is 3. The third-order valence-corrected chi connectivity index (χ3v) is 6.16. The number of benzene rings is 1. The smallest absolute Gasteiger partial charge is 0.286 e. The van der Waals surface area contributed by atoms with Crippen LogP contribution in [0.2, 0.25) is 0 Å². The van der Waals surface area contributed by atoms with E-state index >= 15 is 0 Å². The Hall–Kier alpha value is -3.40. The molecule has 9 nitrogen and oxygen atoms in total. The molecule has 1 aliphatic rings. The number of rotatable bonds is 6. The number of para-hydroxylation sites is 1. The van der Waals surface area contributed by atoms with Crippen molar-refractivity contribution in [1.29, 1.82) is 0 Å². The number of unbranched alkanes of at least 4 members (excludes halogenated alkanes) is 2. The van der Waals surface area contributed by atoms with Crippen LogP contribution in [0.15, 0.2) is 56.7 Å². The minimum atomic E-state index is -4.03. The van der Waals surface area contributed by atoms with E-state index in [1.807, 2.05) is 0 Å². The molecule has 0 atom stereocenters. The van der Waals surface area contributed by atoms with Gasteiger partial charge in [-0.15, -0.1) is 4.40 Å². The molecule has 0 radical (unpaired) electrons. The average molecular weight is 427 g/mol. The summed E-state index contributed by atoms with van der Waals surface area (Å²) >= 11 is 0. The SMILES string of the molecule is CCCCCNn1c(=O)c(C2=NS(=O)(=O)c3ccccc3N2)c(O)c2cccnc21. The number of aromatic hydroxyl groups is 1. The van der Waals surface area contributed by atoms with Gasteiger partial charge in [0.15, 0.2) is 11.5 Å². The zero-order valence-corrected chi connectivity index (χ0v) is 17.1. The van der Waals surface area contributed by atoms with Crippen molar-refractivity contribution in [2.75, 3.05) is 17.3 Å². The largest absolute Gasteiger partial charge is 0.506 e. The molecule has 1 aromatic carbocycles. The van der Waals surface area contributed by atoms with Gasteiger partial charge in [0, 0.05) is 12.7 Å². The Bertz CT molecular complexity index is 1310. The molecule has 3 N–H and O–H groups in total. The zero-order valence-electron chi connectivity index (χ0n) is 16.3. The van der Waals surface area contributed by atoms with E-state index in [0.29, 0.717) is 11.9 Å². The lowest BCUT2D eigenvalue weighted by atomic mass is 10.1. The summed E-state index contributed by atoms with van der Waals surface area (Å²) in [7, 11) is -4.03. The summed E-state index contributed by atoms with van der Waals surface area (Å²) in [5.41, 5.74) is 2.69. The molecule has 0 unspecified atom stereocenters. The molecule has 30 heavy (non-hydrogen) atoms. The van der Waals surface area contributed by atoms with Gasteiger partial charge in [-0.25, -0.2) is 9.66 Å². The van der Waals surface area contributed by atoms with Gasteiger partial charge < -0.3 is 15.8 Å². The topological polar surface area (TPSA) is 126 Å². The van der Waals surface area contributed by atoms with Crippen molar-refractivity contribution in [3.05, 3.63) is 58.5 Å². The van der Waals surface area contributed by atoms with E-state index in [1.165, 1.54) is 16.9 Å². The lowest BCUT2D eigenvalue weighted by Crippen LogP contribution is -2.37. The summed E-state index contributed by atoms with van der Waals surface area (Å²) in [4.78, 5) is 17.5. The van der Waals surface area contributed by atoms with Gasteiger partial charge in [0.25, 0.3) is 15.6 Å². The summed E-state index contributed by atoms with van der Waals surface area (Å²) in [5, 5.41) is 14.0. The van der Waals surface area contributed by atoms with E-state index in [4.69, 9.17) is 0 Å². The molecule has 0 saturated heterocycles. The lowest BCUT2D eigenvalue weighted by molar-refractivity contribution is 0.478. The van der Waals surface area contributed by atoms with Crippen LogP contribution in [0.3, 0.4) is 0 Å². The molecule has 0 fully saturated rings. The van der Waals surface area contributed by atoms with Gasteiger partial charge in [0.1, 0.15) is 16.2 Å². The normalized spacial score (nSPS) is 14.6. The lowest BCUT2D eigenvalue weighted by Gasteiger charge is -2.20. The molecule has 4 rings (SSSR count). The maximum Gasteiger partial charge on any atom is 0.286 e. The van der Waals surface area contributed by atoms with Crippen LogP contribution in [-0.4, -0.2) is 35.6 Å². The second kappa shape index (κ2) is 7.79. The number of aromatic nitrogens is 2.